The van der Waals surface area contributed by atoms with Gasteiger partial charge in [-0.3, -0.25) is 9.59 Å². The van der Waals surface area contributed by atoms with Gasteiger partial charge in [-0.05, 0) is 74.7 Å². The van der Waals surface area contributed by atoms with Crippen LogP contribution in [0.3, 0.4) is 0 Å². The third-order valence-corrected chi connectivity index (χ3v) is 8.26. The van der Waals surface area contributed by atoms with E-state index in [1.807, 2.05) is 116 Å². The Hall–Kier alpha value is -3.60. The summed E-state index contributed by atoms with van der Waals surface area (Å²) in [7, 11) is 0. The highest BCUT2D eigenvalue weighted by atomic mass is 16.3. The van der Waals surface area contributed by atoms with Crippen LogP contribution in [0.4, 0.5) is 0 Å². The number of ketones is 2. The van der Waals surface area contributed by atoms with Gasteiger partial charge in [-0.2, -0.15) is 0 Å². The molecule has 0 radical (unpaired) electrons. The van der Waals surface area contributed by atoms with Crippen molar-refractivity contribution in [3.05, 3.63) is 130 Å². The number of carbonyl (C=O) groups is 2. The Labute approximate surface area is 265 Å². The molecular weight excluding hydrogens is 544 g/mol. The molecule has 2 aliphatic rings. The minimum absolute atomic E-state index is 0.110. The minimum atomic E-state index is -0.995. The summed E-state index contributed by atoms with van der Waals surface area (Å²) in [5.41, 5.74) is 7.37. The molecule has 2 N–H and O–H groups in total. The number of rotatable bonds is 10. The SMILES string of the molecule is CC1=C(\C=C/C(C)=C/C=C\C(C)=C\C=C/C=C(C)/C=C\C=C(C)\C=C/C2=C(C)[C@@H](O)C(=O)CC2(C)C)C(C)(C)CC(=O)[C@@H]1O. The van der Waals surface area contributed by atoms with Crippen LogP contribution in [0.2, 0.25) is 0 Å². The van der Waals surface area contributed by atoms with Gasteiger partial charge in [0.25, 0.3) is 0 Å². The fourth-order valence-corrected chi connectivity index (χ4v) is 5.58. The standard InChI is InChI=1S/C40H52O4/c1-27(17-13-19-29(3)21-23-33-31(5)37(43)35(41)25-39(33,7)8)15-11-12-16-28(2)18-14-20-30(4)22-24-34-32(6)38(44)36(42)26-40(34,9)10/h11-24,37-38,43-44H,25-26H2,1-10H3/b12-11-,17-13-,18-14-,23-21-,24-22-,27-15+,28-16+,29-19+,30-20+/t37-,38-/m1/s1. The maximum atomic E-state index is 12.0. The Kier molecular flexibility index (Phi) is 13.2. The molecule has 0 unspecified atom stereocenters. The molecule has 236 valence electrons. The second kappa shape index (κ2) is 15.9. The monoisotopic (exact) mass is 596 g/mol. The van der Waals surface area contributed by atoms with Crippen LogP contribution in [0.5, 0.6) is 0 Å². The lowest BCUT2D eigenvalue weighted by atomic mass is 9.71. The maximum Gasteiger partial charge on any atom is 0.166 e. The Balaban J connectivity index is 1.95. The van der Waals surface area contributed by atoms with E-state index in [2.05, 4.69) is 38.2 Å². The largest absolute Gasteiger partial charge is 0.381 e. The van der Waals surface area contributed by atoms with Crippen molar-refractivity contribution in [1.29, 1.82) is 0 Å². The topological polar surface area (TPSA) is 74.6 Å². The summed E-state index contributed by atoms with van der Waals surface area (Å²) >= 11 is 0. The van der Waals surface area contributed by atoms with Gasteiger partial charge in [0.15, 0.2) is 11.6 Å². The van der Waals surface area contributed by atoms with E-state index in [1.165, 1.54) is 0 Å². The fraction of sp³-hybridized carbons (Fsp3) is 0.400. The normalized spacial score (nSPS) is 24.5. The van der Waals surface area contributed by atoms with Crippen molar-refractivity contribution in [2.24, 2.45) is 10.8 Å². The molecule has 0 aliphatic heterocycles. The molecule has 0 amide bonds. The van der Waals surface area contributed by atoms with Gasteiger partial charge in [0, 0.05) is 12.8 Å². The number of allylic oxidation sites excluding steroid dienone is 20. The van der Waals surface area contributed by atoms with E-state index < -0.39 is 12.2 Å². The number of carbonyl (C=O) groups excluding carboxylic acids is 2. The van der Waals surface area contributed by atoms with Crippen molar-refractivity contribution in [2.45, 2.75) is 94.3 Å². The smallest absolute Gasteiger partial charge is 0.166 e. The Morgan fingerprint density at radius 2 is 0.864 bits per heavy atom. The first-order chi connectivity index (χ1) is 20.5. The molecule has 0 saturated heterocycles. The van der Waals surface area contributed by atoms with E-state index in [0.29, 0.717) is 12.8 Å². The van der Waals surface area contributed by atoms with Crippen molar-refractivity contribution >= 4 is 11.6 Å². The first-order valence-corrected chi connectivity index (χ1v) is 15.4. The van der Waals surface area contributed by atoms with Crippen LogP contribution < -0.4 is 0 Å². The zero-order valence-electron chi connectivity index (χ0n) is 28.4. The number of Topliss-reactive ketones (excluding diaryl/α,β-unsaturated/α-hetero) is 2. The molecule has 0 aromatic heterocycles. The van der Waals surface area contributed by atoms with Gasteiger partial charge in [-0.1, -0.05) is 135 Å². The zero-order chi connectivity index (χ0) is 33.2. The van der Waals surface area contributed by atoms with Crippen LogP contribution >= 0.6 is 0 Å². The molecule has 2 aliphatic carbocycles. The highest BCUT2D eigenvalue weighted by Crippen LogP contribution is 2.40. The van der Waals surface area contributed by atoms with E-state index in [4.69, 9.17) is 0 Å². The quantitative estimate of drug-likeness (QED) is 0.247. The fourth-order valence-electron chi connectivity index (χ4n) is 5.58. The molecule has 2 atom stereocenters. The van der Waals surface area contributed by atoms with Gasteiger partial charge in [-0.25, -0.2) is 0 Å². The van der Waals surface area contributed by atoms with E-state index in [1.54, 1.807) is 0 Å². The first kappa shape index (κ1) is 36.6. The van der Waals surface area contributed by atoms with Crippen LogP contribution in [0.25, 0.3) is 0 Å². The lowest BCUT2D eigenvalue weighted by molar-refractivity contribution is -0.128. The second-order valence-electron chi connectivity index (χ2n) is 13.5. The third-order valence-electron chi connectivity index (χ3n) is 8.26. The molecule has 0 heterocycles. The summed E-state index contributed by atoms with van der Waals surface area (Å²) in [4.78, 5) is 24.1. The van der Waals surface area contributed by atoms with Crippen LogP contribution in [-0.2, 0) is 9.59 Å². The van der Waals surface area contributed by atoms with Crippen molar-refractivity contribution in [3.8, 4) is 0 Å². The summed E-state index contributed by atoms with van der Waals surface area (Å²) in [5.74, 6) is -0.220. The number of hydrogen-bond acceptors (Lipinski definition) is 4. The highest BCUT2D eigenvalue weighted by Gasteiger charge is 2.37. The average molecular weight is 597 g/mol. The maximum absolute atomic E-state index is 12.0. The molecule has 2 rings (SSSR count). The van der Waals surface area contributed by atoms with Crippen molar-refractivity contribution in [2.75, 3.05) is 0 Å². The lowest BCUT2D eigenvalue weighted by Crippen LogP contribution is -2.35. The number of aliphatic hydroxyl groups excluding tert-OH is 2. The van der Waals surface area contributed by atoms with Crippen molar-refractivity contribution in [3.63, 3.8) is 0 Å². The number of aliphatic hydroxyl groups is 2. The Morgan fingerprint density at radius 1 is 0.568 bits per heavy atom. The molecular formula is C40H52O4. The second-order valence-corrected chi connectivity index (χ2v) is 13.5. The van der Waals surface area contributed by atoms with Crippen LogP contribution in [0.15, 0.2) is 130 Å². The summed E-state index contributed by atoms with van der Waals surface area (Å²) in [6.45, 7) is 20.0. The van der Waals surface area contributed by atoms with Gasteiger partial charge in [0.1, 0.15) is 12.2 Å². The molecule has 0 spiro atoms. The van der Waals surface area contributed by atoms with Crippen LogP contribution in [0.1, 0.15) is 82.1 Å². The average Bonchev–Trinajstić information content (AvgIpc) is 2.92. The van der Waals surface area contributed by atoms with Crippen LogP contribution in [0, 0.1) is 10.8 Å². The summed E-state index contributed by atoms with van der Waals surface area (Å²) in [5, 5.41) is 20.4. The van der Waals surface area contributed by atoms with Crippen molar-refractivity contribution < 1.29 is 19.8 Å². The third kappa shape index (κ3) is 10.5. The summed E-state index contributed by atoms with van der Waals surface area (Å²) in [6, 6.07) is 0. The molecule has 0 fully saturated rings. The zero-order valence-corrected chi connectivity index (χ0v) is 28.4. The molecule has 44 heavy (non-hydrogen) atoms. The van der Waals surface area contributed by atoms with E-state index in [9.17, 15) is 19.8 Å². The molecule has 0 bridgehead atoms. The summed E-state index contributed by atoms with van der Waals surface area (Å²) < 4.78 is 0. The summed E-state index contributed by atoms with van der Waals surface area (Å²) in [6.07, 6.45) is 27.2. The van der Waals surface area contributed by atoms with E-state index in [0.717, 1.165) is 44.6 Å². The molecule has 0 saturated carbocycles. The number of hydrogen-bond donors (Lipinski definition) is 2. The minimum Gasteiger partial charge on any atom is -0.381 e. The molecule has 4 heteroatoms. The van der Waals surface area contributed by atoms with Gasteiger partial charge < -0.3 is 10.2 Å². The first-order valence-electron chi connectivity index (χ1n) is 15.4. The molecule has 0 aromatic rings. The molecule has 0 aromatic carbocycles. The lowest BCUT2D eigenvalue weighted by Gasteiger charge is -2.34. The van der Waals surface area contributed by atoms with E-state index in [-0.39, 0.29) is 22.4 Å². The highest BCUT2D eigenvalue weighted by molar-refractivity contribution is 5.89. The molecule has 4 nitrogen and oxygen atoms in total. The van der Waals surface area contributed by atoms with Gasteiger partial charge >= 0.3 is 0 Å². The van der Waals surface area contributed by atoms with Crippen LogP contribution in [-0.4, -0.2) is 34.0 Å². The predicted molar refractivity (Wildman–Crippen MR) is 185 cm³/mol. The predicted octanol–water partition coefficient (Wildman–Crippen LogP) is 8.91. The van der Waals surface area contributed by atoms with Gasteiger partial charge in [-0.15, -0.1) is 0 Å². The van der Waals surface area contributed by atoms with Crippen molar-refractivity contribution in [1.82, 2.24) is 0 Å². The van der Waals surface area contributed by atoms with E-state index >= 15 is 0 Å². The Morgan fingerprint density at radius 3 is 1.20 bits per heavy atom. The van der Waals surface area contributed by atoms with Gasteiger partial charge in [0.05, 0.1) is 0 Å². The Bertz CT molecular complexity index is 1340. The van der Waals surface area contributed by atoms with Gasteiger partial charge in [0.2, 0.25) is 0 Å².